The molecule has 1 heteroatoms. The minimum atomic E-state index is 0.267. The van der Waals surface area contributed by atoms with Crippen LogP contribution in [-0.4, -0.2) is 5.78 Å². The standard InChI is InChI=1S/C11H14O/c1-11-6-3-2-4-9(11)8-10(12)5-7-11/h2-3,5,7,9H,4,6,8H2,1H3. The van der Waals surface area contributed by atoms with Crippen LogP contribution in [0.4, 0.5) is 0 Å². The zero-order valence-electron chi connectivity index (χ0n) is 7.42. The van der Waals surface area contributed by atoms with Gasteiger partial charge in [-0.3, -0.25) is 4.79 Å². The molecule has 1 nitrogen and oxygen atoms in total. The van der Waals surface area contributed by atoms with Crippen molar-refractivity contribution in [1.82, 2.24) is 0 Å². The van der Waals surface area contributed by atoms with Crippen molar-refractivity contribution in [1.29, 1.82) is 0 Å². The van der Waals surface area contributed by atoms with E-state index in [2.05, 4.69) is 25.2 Å². The molecule has 0 spiro atoms. The molecular formula is C11H14O. The first kappa shape index (κ1) is 7.78. The molecular weight excluding hydrogens is 148 g/mol. The summed E-state index contributed by atoms with van der Waals surface area (Å²) >= 11 is 0. The third-order valence-electron chi connectivity index (χ3n) is 3.18. The Balaban J connectivity index is 2.30. The minimum absolute atomic E-state index is 0.267. The quantitative estimate of drug-likeness (QED) is 0.500. The van der Waals surface area contributed by atoms with Gasteiger partial charge < -0.3 is 0 Å². The fourth-order valence-corrected chi connectivity index (χ4v) is 2.15. The molecule has 12 heavy (non-hydrogen) atoms. The molecule has 0 saturated carbocycles. The Bertz CT molecular complexity index is 262. The van der Waals surface area contributed by atoms with E-state index in [9.17, 15) is 4.79 Å². The lowest BCUT2D eigenvalue weighted by Crippen LogP contribution is -2.31. The Morgan fingerprint density at radius 1 is 1.50 bits per heavy atom. The number of hydrogen-bond acceptors (Lipinski definition) is 1. The summed E-state index contributed by atoms with van der Waals surface area (Å²) < 4.78 is 0. The van der Waals surface area contributed by atoms with Gasteiger partial charge in [0.15, 0.2) is 5.78 Å². The molecule has 0 saturated heterocycles. The molecule has 64 valence electrons. The lowest BCUT2D eigenvalue weighted by molar-refractivity contribution is -0.117. The number of hydrogen-bond donors (Lipinski definition) is 0. The van der Waals surface area contributed by atoms with Gasteiger partial charge in [0.2, 0.25) is 0 Å². The van der Waals surface area contributed by atoms with Gasteiger partial charge in [-0.15, -0.1) is 0 Å². The van der Waals surface area contributed by atoms with Crippen molar-refractivity contribution in [3.05, 3.63) is 24.3 Å². The largest absolute Gasteiger partial charge is 0.295 e. The molecule has 0 N–H and O–H groups in total. The second-order valence-electron chi connectivity index (χ2n) is 4.12. The van der Waals surface area contributed by atoms with Crippen molar-refractivity contribution in [2.75, 3.05) is 0 Å². The van der Waals surface area contributed by atoms with Gasteiger partial charge in [-0.2, -0.15) is 0 Å². The summed E-state index contributed by atoms with van der Waals surface area (Å²) in [5.41, 5.74) is 0.267. The third-order valence-corrected chi connectivity index (χ3v) is 3.18. The lowest BCUT2D eigenvalue weighted by atomic mass is 9.66. The minimum Gasteiger partial charge on any atom is -0.295 e. The number of allylic oxidation sites excluding steroid dienone is 4. The van der Waals surface area contributed by atoms with E-state index in [0.29, 0.717) is 11.7 Å². The van der Waals surface area contributed by atoms with Crippen LogP contribution >= 0.6 is 0 Å². The normalized spacial score (nSPS) is 39.8. The van der Waals surface area contributed by atoms with E-state index in [-0.39, 0.29) is 5.41 Å². The molecule has 2 aliphatic rings. The summed E-state index contributed by atoms with van der Waals surface area (Å²) in [5.74, 6) is 0.854. The fraction of sp³-hybridized carbons (Fsp3) is 0.545. The molecule has 0 aromatic rings. The Labute approximate surface area is 73.2 Å². The monoisotopic (exact) mass is 162 g/mol. The lowest BCUT2D eigenvalue weighted by Gasteiger charge is -2.38. The van der Waals surface area contributed by atoms with Crippen LogP contribution < -0.4 is 0 Å². The van der Waals surface area contributed by atoms with Gasteiger partial charge in [-0.1, -0.05) is 25.2 Å². The van der Waals surface area contributed by atoms with E-state index in [1.807, 2.05) is 0 Å². The highest BCUT2D eigenvalue weighted by atomic mass is 16.1. The zero-order valence-corrected chi connectivity index (χ0v) is 7.42. The van der Waals surface area contributed by atoms with Crippen LogP contribution in [0.2, 0.25) is 0 Å². The molecule has 0 aliphatic heterocycles. The van der Waals surface area contributed by atoms with Crippen molar-refractivity contribution in [3.63, 3.8) is 0 Å². The van der Waals surface area contributed by atoms with E-state index < -0.39 is 0 Å². The van der Waals surface area contributed by atoms with E-state index in [1.54, 1.807) is 6.08 Å². The smallest absolute Gasteiger partial charge is 0.155 e. The van der Waals surface area contributed by atoms with Crippen LogP contribution in [-0.2, 0) is 4.79 Å². The highest BCUT2D eigenvalue weighted by molar-refractivity contribution is 5.91. The van der Waals surface area contributed by atoms with Gasteiger partial charge in [-0.05, 0) is 30.3 Å². The predicted molar refractivity (Wildman–Crippen MR) is 48.7 cm³/mol. The summed E-state index contributed by atoms with van der Waals surface area (Å²) in [4.78, 5) is 11.1. The number of carbonyl (C=O) groups excluding carboxylic acids is 1. The van der Waals surface area contributed by atoms with E-state index >= 15 is 0 Å². The summed E-state index contributed by atoms with van der Waals surface area (Å²) in [6.45, 7) is 2.25. The van der Waals surface area contributed by atoms with Gasteiger partial charge in [0.1, 0.15) is 0 Å². The van der Waals surface area contributed by atoms with Gasteiger partial charge >= 0.3 is 0 Å². The van der Waals surface area contributed by atoms with Crippen LogP contribution in [0.3, 0.4) is 0 Å². The molecule has 0 aromatic heterocycles. The molecule has 2 rings (SSSR count). The Kier molecular flexibility index (Phi) is 1.67. The Hall–Kier alpha value is -0.850. The van der Waals surface area contributed by atoms with E-state index in [4.69, 9.17) is 0 Å². The second-order valence-corrected chi connectivity index (χ2v) is 4.12. The van der Waals surface area contributed by atoms with Crippen LogP contribution in [0.5, 0.6) is 0 Å². The summed E-state index contributed by atoms with van der Waals surface area (Å²) in [7, 11) is 0. The van der Waals surface area contributed by atoms with Gasteiger partial charge in [-0.25, -0.2) is 0 Å². The van der Waals surface area contributed by atoms with Crippen LogP contribution in [0, 0.1) is 11.3 Å². The van der Waals surface area contributed by atoms with Crippen LogP contribution in [0.25, 0.3) is 0 Å². The van der Waals surface area contributed by atoms with Crippen molar-refractivity contribution >= 4 is 5.78 Å². The molecule has 0 radical (unpaired) electrons. The number of ketones is 1. The zero-order chi connectivity index (χ0) is 8.60. The number of fused-ring (bicyclic) bond motifs is 1. The van der Waals surface area contributed by atoms with Crippen LogP contribution in [0.1, 0.15) is 26.2 Å². The Morgan fingerprint density at radius 2 is 2.33 bits per heavy atom. The van der Waals surface area contributed by atoms with Crippen molar-refractivity contribution < 1.29 is 4.79 Å². The molecule has 0 fully saturated rings. The highest BCUT2D eigenvalue weighted by Crippen LogP contribution is 2.43. The van der Waals surface area contributed by atoms with Crippen molar-refractivity contribution in [2.45, 2.75) is 26.2 Å². The maximum Gasteiger partial charge on any atom is 0.155 e. The summed E-state index contributed by atoms with van der Waals surface area (Å²) in [6, 6.07) is 0. The van der Waals surface area contributed by atoms with Gasteiger partial charge in [0, 0.05) is 6.42 Å². The molecule has 0 amide bonds. The fourth-order valence-electron chi connectivity index (χ4n) is 2.15. The molecule has 0 aromatic carbocycles. The average molecular weight is 162 g/mol. The predicted octanol–water partition coefficient (Wildman–Crippen LogP) is 2.49. The third kappa shape index (κ3) is 1.13. The maximum absolute atomic E-state index is 11.1. The van der Waals surface area contributed by atoms with Gasteiger partial charge in [0.25, 0.3) is 0 Å². The van der Waals surface area contributed by atoms with Crippen LogP contribution in [0.15, 0.2) is 24.3 Å². The van der Waals surface area contributed by atoms with Crippen molar-refractivity contribution in [3.8, 4) is 0 Å². The molecule has 2 atom stereocenters. The SMILES string of the molecule is CC12C=CC(=O)CC1CC=CC2. The summed E-state index contributed by atoms with van der Waals surface area (Å²) in [6.07, 6.45) is 11.2. The first-order valence-electron chi connectivity index (χ1n) is 4.58. The maximum atomic E-state index is 11.1. The summed E-state index contributed by atoms with van der Waals surface area (Å²) in [5, 5.41) is 0. The molecule has 0 heterocycles. The van der Waals surface area contributed by atoms with Gasteiger partial charge in [0.05, 0.1) is 0 Å². The molecule has 2 unspecified atom stereocenters. The topological polar surface area (TPSA) is 17.1 Å². The molecule has 2 aliphatic carbocycles. The first-order chi connectivity index (χ1) is 5.71. The second kappa shape index (κ2) is 2.58. The number of rotatable bonds is 0. The van der Waals surface area contributed by atoms with E-state index in [1.165, 1.54) is 0 Å². The average Bonchev–Trinajstić information content (AvgIpc) is 2.06. The van der Waals surface area contributed by atoms with Crippen molar-refractivity contribution in [2.24, 2.45) is 11.3 Å². The first-order valence-corrected chi connectivity index (χ1v) is 4.58. The highest BCUT2D eigenvalue weighted by Gasteiger charge is 2.35. The molecule has 0 bridgehead atoms. The number of carbonyl (C=O) groups is 1. The van der Waals surface area contributed by atoms with E-state index in [0.717, 1.165) is 19.3 Å². The Morgan fingerprint density at radius 3 is 3.17 bits per heavy atom.